The Morgan fingerprint density at radius 1 is 1.15 bits per heavy atom. The molecular formula is C21H21N3O2S. The standard InChI is InChI=1S/C21H21N3O2S/c1-15-22-17(14-27-15)13-21(26)24-23-19(18-9-5-6-10-20(18)25)12-11-16-7-3-2-4-8-16/h2-10,14,25H,11-13H2,1H3,(H,24,26)/b23-19+. The van der Waals surface area contributed by atoms with Crippen molar-refractivity contribution in [2.45, 2.75) is 26.2 Å². The summed E-state index contributed by atoms with van der Waals surface area (Å²) in [4.78, 5) is 16.5. The first kappa shape index (κ1) is 18.8. The number of hydrazone groups is 1. The van der Waals surface area contributed by atoms with Crippen molar-refractivity contribution in [1.82, 2.24) is 10.4 Å². The second-order valence-electron chi connectivity index (χ2n) is 6.13. The van der Waals surface area contributed by atoms with Crippen molar-refractivity contribution in [3.63, 3.8) is 0 Å². The number of hydrogen-bond acceptors (Lipinski definition) is 5. The summed E-state index contributed by atoms with van der Waals surface area (Å²) in [6.07, 6.45) is 1.54. The lowest BCUT2D eigenvalue weighted by Gasteiger charge is -2.09. The predicted molar refractivity (Wildman–Crippen MR) is 108 cm³/mol. The highest BCUT2D eigenvalue weighted by molar-refractivity contribution is 7.09. The van der Waals surface area contributed by atoms with Crippen LogP contribution >= 0.6 is 11.3 Å². The van der Waals surface area contributed by atoms with Gasteiger partial charge in [-0.15, -0.1) is 11.3 Å². The molecule has 3 rings (SSSR count). The molecule has 0 radical (unpaired) electrons. The van der Waals surface area contributed by atoms with E-state index in [0.717, 1.165) is 17.1 Å². The first-order valence-electron chi connectivity index (χ1n) is 8.70. The summed E-state index contributed by atoms with van der Waals surface area (Å²) in [7, 11) is 0. The van der Waals surface area contributed by atoms with Crippen LogP contribution in [0.4, 0.5) is 0 Å². The molecule has 0 aliphatic rings. The fourth-order valence-corrected chi connectivity index (χ4v) is 3.31. The number of carbonyl (C=O) groups is 1. The minimum absolute atomic E-state index is 0.147. The number of nitrogens with zero attached hydrogens (tertiary/aromatic N) is 2. The summed E-state index contributed by atoms with van der Waals surface area (Å²) >= 11 is 1.52. The number of hydrogen-bond donors (Lipinski definition) is 2. The van der Waals surface area contributed by atoms with Crippen LogP contribution in [0.2, 0.25) is 0 Å². The second kappa shape index (κ2) is 9.09. The zero-order valence-electron chi connectivity index (χ0n) is 15.1. The summed E-state index contributed by atoms with van der Waals surface area (Å²) in [6, 6.07) is 17.1. The monoisotopic (exact) mass is 379 g/mol. The molecule has 0 bridgehead atoms. The Morgan fingerprint density at radius 3 is 2.59 bits per heavy atom. The fraction of sp³-hybridized carbons (Fsp3) is 0.190. The fourth-order valence-electron chi connectivity index (χ4n) is 2.70. The first-order valence-corrected chi connectivity index (χ1v) is 9.58. The molecule has 6 heteroatoms. The summed E-state index contributed by atoms with van der Waals surface area (Å²) < 4.78 is 0. The number of rotatable bonds is 7. The second-order valence-corrected chi connectivity index (χ2v) is 7.19. The van der Waals surface area contributed by atoms with Gasteiger partial charge in [-0.1, -0.05) is 42.5 Å². The molecule has 1 aromatic heterocycles. The Kier molecular flexibility index (Phi) is 6.33. The Balaban J connectivity index is 1.73. The van der Waals surface area contributed by atoms with Crippen LogP contribution in [0.15, 0.2) is 65.1 Å². The van der Waals surface area contributed by atoms with Crippen LogP contribution in [0, 0.1) is 6.92 Å². The highest BCUT2D eigenvalue weighted by Crippen LogP contribution is 2.19. The lowest BCUT2D eigenvalue weighted by atomic mass is 10.0. The smallest absolute Gasteiger partial charge is 0.246 e. The molecule has 0 fully saturated rings. The van der Waals surface area contributed by atoms with Gasteiger partial charge in [-0.25, -0.2) is 10.4 Å². The number of phenols is 1. The molecule has 138 valence electrons. The molecule has 0 spiro atoms. The van der Waals surface area contributed by atoms with Crippen molar-refractivity contribution >= 4 is 23.0 Å². The zero-order chi connectivity index (χ0) is 19.1. The Labute approximate surface area is 162 Å². The minimum Gasteiger partial charge on any atom is -0.507 e. The van der Waals surface area contributed by atoms with E-state index in [4.69, 9.17) is 0 Å². The van der Waals surface area contributed by atoms with Gasteiger partial charge in [0.25, 0.3) is 0 Å². The maximum absolute atomic E-state index is 12.2. The van der Waals surface area contributed by atoms with Gasteiger partial charge >= 0.3 is 0 Å². The third-order valence-electron chi connectivity index (χ3n) is 4.03. The number of thiazole rings is 1. The Bertz CT molecular complexity index is 935. The summed E-state index contributed by atoms with van der Waals surface area (Å²) in [5.41, 5.74) is 5.77. The number of carbonyl (C=O) groups excluding carboxylic acids is 1. The molecule has 0 saturated carbocycles. The molecule has 27 heavy (non-hydrogen) atoms. The molecule has 3 aromatic rings. The average Bonchev–Trinajstić information content (AvgIpc) is 3.08. The number of phenolic OH excluding ortho intramolecular Hbond substituents is 1. The molecule has 5 nitrogen and oxygen atoms in total. The number of amides is 1. The lowest BCUT2D eigenvalue weighted by molar-refractivity contribution is -0.120. The van der Waals surface area contributed by atoms with E-state index in [0.29, 0.717) is 17.7 Å². The van der Waals surface area contributed by atoms with Gasteiger partial charge in [0.05, 0.1) is 22.8 Å². The molecule has 0 aliphatic carbocycles. The highest BCUT2D eigenvalue weighted by atomic mass is 32.1. The van der Waals surface area contributed by atoms with E-state index in [1.165, 1.54) is 16.9 Å². The van der Waals surface area contributed by atoms with Gasteiger partial charge in [0.2, 0.25) is 5.91 Å². The van der Waals surface area contributed by atoms with Crippen molar-refractivity contribution in [3.05, 3.63) is 81.8 Å². The maximum Gasteiger partial charge on any atom is 0.246 e. The molecule has 0 aliphatic heterocycles. The number of nitrogens with one attached hydrogen (secondary N) is 1. The van der Waals surface area contributed by atoms with Crippen molar-refractivity contribution in [3.8, 4) is 5.75 Å². The first-order chi connectivity index (χ1) is 13.1. The summed E-state index contributed by atoms with van der Waals surface area (Å²) in [6.45, 7) is 1.91. The van der Waals surface area contributed by atoms with Gasteiger partial charge in [0, 0.05) is 10.9 Å². The van der Waals surface area contributed by atoms with Gasteiger partial charge in [0.15, 0.2) is 0 Å². The quantitative estimate of drug-likeness (QED) is 0.484. The van der Waals surface area contributed by atoms with Crippen molar-refractivity contribution in [2.75, 3.05) is 0 Å². The van der Waals surface area contributed by atoms with Crippen LogP contribution in [-0.2, 0) is 17.6 Å². The SMILES string of the molecule is Cc1nc(CC(=O)N/N=C(\CCc2ccccc2)c2ccccc2O)cs1. The van der Waals surface area contributed by atoms with Crippen LogP contribution in [0.1, 0.15) is 28.2 Å². The molecule has 0 unspecified atom stereocenters. The Morgan fingerprint density at radius 2 is 1.89 bits per heavy atom. The summed E-state index contributed by atoms with van der Waals surface area (Å²) in [5.74, 6) is -0.0818. The molecular weight excluding hydrogens is 358 g/mol. The number of aryl methyl sites for hydroxylation is 2. The van der Waals surface area contributed by atoms with Crippen LogP contribution in [-0.4, -0.2) is 21.7 Å². The van der Waals surface area contributed by atoms with Crippen LogP contribution in [0.3, 0.4) is 0 Å². The van der Waals surface area contributed by atoms with Crippen LogP contribution < -0.4 is 5.43 Å². The molecule has 2 N–H and O–H groups in total. The lowest BCUT2D eigenvalue weighted by Crippen LogP contribution is -2.22. The topological polar surface area (TPSA) is 74.6 Å². The predicted octanol–water partition coefficient (Wildman–Crippen LogP) is 3.85. The van der Waals surface area contributed by atoms with Gasteiger partial charge in [0.1, 0.15) is 5.75 Å². The van der Waals surface area contributed by atoms with Crippen molar-refractivity contribution < 1.29 is 9.90 Å². The van der Waals surface area contributed by atoms with Gasteiger partial charge < -0.3 is 5.11 Å². The van der Waals surface area contributed by atoms with E-state index in [2.05, 4.69) is 15.5 Å². The van der Waals surface area contributed by atoms with Gasteiger partial charge in [-0.3, -0.25) is 4.79 Å². The van der Waals surface area contributed by atoms with E-state index in [-0.39, 0.29) is 18.1 Å². The van der Waals surface area contributed by atoms with E-state index in [9.17, 15) is 9.90 Å². The minimum atomic E-state index is -0.229. The number of aromatic hydroxyl groups is 1. The number of aromatic nitrogens is 1. The molecule has 1 amide bonds. The third-order valence-corrected chi connectivity index (χ3v) is 4.85. The van der Waals surface area contributed by atoms with Gasteiger partial charge in [-0.2, -0.15) is 5.10 Å². The normalized spacial score (nSPS) is 11.4. The highest BCUT2D eigenvalue weighted by Gasteiger charge is 2.11. The third kappa shape index (κ3) is 5.49. The molecule has 2 aromatic carbocycles. The Hall–Kier alpha value is -2.99. The van der Waals surface area contributed by atoms with Gasteiger partial charge in [-0.05, 0) is 37.5 Å². The zero-order valence-corrected chi connectivity index (χ0v) is 15.9. The maximum atomic E-state index is 12.2. The van der Waals surface area contributed by atoms with E-state index in [1.54, 1.807) is 18.2 Å². The molecule has 0 saturated heterocycles. The number of benzene rings is 2. The number of para-hydroxylation sites is 1. The van der Waals surface area contributed by atoms with Crippen molar-refractivity contribution in [2.24, 2.45) is 5.10 Å². The van der Waals surface area contributed by atoms with E-state index in [1.807, 2.05) is 48.7 Å². The average molecular weight is 379 g/mol. The van der Waals surface area contributed by atoms with E-state index >= 15 is 0 Å². The van der Waals surface area contributed by atoms with Crippen molar-refractivity contribution in [1.29, 1.82) is 0 Å². The molecule has 1 heterocycles. The summed E-state index contributed by atoms with van der Waals surface area (Å²) in [5, 5.41) is 17.3. The molecule has 0 atom stereocenters. The van der Waals surface area contributed by atoms with E-state index < -0.39 is 0 Å². The largest absolute Gasteiger partial charge is 0.507 e. The van der Waals surface area contributed by atoms with Crippen LogP contribution in [0.5, 0.6) is 5.75 Å². The van der Waals surface area contributed by atoms with Crippen LogP contribution in [0.25, 0.3) is 0 Å².